The first-order valence-corrected chi connectivity index (χ1v) is 6.29. The summed E-state index contributed by atoms with van der Waals surface area (Å²) in [6.45, 7) is 3.67. The Bertz CT molecular complexity index is 531. The summed E-state index contributed by atoms with van der Waals surface area (Å²) >= 11 is 0. The van der Waals surface area contributed by atoms with E-state index in [1.165, 1.54) is 12.1 Å². The Labute approximate surface area is 115 Å². The average Bonchev–Trinajstić information content (AvgIpc) is 2.63. The molecule has 6 heteroatoms. The van der Waals surface area contributed by atoms with E-state index >= 15 is 0 Å². The number of carboxylic acid groups (broad SMARTS) is 1. The van der Waals surface area contributed by atoms with Gasteiger partial charge in [0.15, 0.2) is 6.10 Å². The summed E-state index contributed by atoms with van der Waals surface area (Å²) in [5.74, 6) is -2.39. The van der Waals surface area contributed by atoms with E-state index in [2.05, 4.69) is 0 Å². The molecule has 1 aromatic rings. The molecule has 0 saturated carbocycles. The highest BCUT2D eigenvalue weighted by molar-refractivity contribution is 6.20. The summed E-state index contributed by atoms with van der Waals surface area (Å²) in [5.41, 5.74) is 0.456. The molecule has 0 bridgehead atoms. The third-order valence-electron chi connectivity index (χ3n) is 2.95. The summed E-state index contributed by atoms with van der Waals surface area (Å²) < 4.78 is 0. The molecule has 0 radical (unpaired) electrons. The third kappa shape index (κ3) is 2.55. The van der Waals surface area contributed by atoms with E-state index in [0.717, 1.165) is 0 Å². The average molecular weight is 277 g/mol. The number of aliphatic carboxylic acids is 1. The molecule has 1 aliphatic heterocycles. The van der Waals surface area contributed by atoms with Crippen LogP contribution in [0.3, 0.4) is 0 Å². The van der Waals surface area contributed by atoms with Gasteiger partial charge in [-0.1, -0.05) is 26.0 Å². The van der Waals surface area contributed by atoms with Crippen LogP contribution in [-0.2, 0) is 9.63 Å². The monoisotopic (exact) mass is 277 g/mol. The smallest absolute Gasteiger partial charge is 0.335 e. The van der Waals surface area contributed by atoms with Crippen LogP contribution in [0.15, 0.2) is 24.3 Å². The van der Waals surface area contributed by atoms with E-state index in [0.29, 0.717) is 5.06 Å². The Morgan fingerprint density at radius 2 is 1.70 bits per heavy atom. The molecule has 20 heavy (non-hydrogen) atoms. The summed E-state index contributed by atoms with van der Waals surface area (Å²) in [6.07, 6.45) is -1.01. The topological polar surface area (TPSA) is 83.9 Å². The minimum Gasteiger partial charge on any atom is -0.479 e. The van der Waals surface area contributed by atoms with Gasteiger partial charge in [-0.25, -0.2) is 9.63 Å². The van der Waals surface area contributed by atoms with Gasteiger partial charge in [0.05, 0.1) is 11.1 Å². The second kappa shape index (κ2) is 5.42. The predicted octanol–water partition coefficient (Wildman–Crippen LogP) is 1.71. The van der Waals surface area contributed by atoms with Crippen molar-refractivity contribution in [2.75, 3.05) is 0 Å². The Balaban J connectivity index is 2.21. The summed E-state index contributed by atoms with van der Waals surface area (Å²) in [5, 5.41) is 9.65. The summed E-state index contributed by atoms with van der Waals surface area (Å²) in [4.78, 5) is 40.3. The second-order valence-electron chi connectivity index (χ2n) is 5.01. The Kier molecular flexibility index (Phi) is 3.85. The molecule has 1 aliphatic rings. The SMILES string of the molecule is CC(C)CC(ON1C(=O)c2ccccc2C1=O)C(=O)O. The molecule has 2 amide bonds. The molecule has 106 valence electrons. The van der Waals surface area contributed by atoms with Gasteiger partial charge in [-0.2, -0.15) is 0 Å². The fourth-order valence-corrected chi connectivity index (χ4v) is 2.01. The highest BCUT2D eigenvalue weighted by Gasteiger charge is 2.39. The van der Waals surface area contributed by atoms with Gasteiger partial charge in [-0.05, 0) is 24.5 Å². The Morgan fingerprint density at radius 3 is 2.10 bits per heavy atom. The lowest BCUT2D eigenvalue weighted by molar-refractivity contribution is -0.176. The maximum Gasteiger partial charge on any atom is 0.335 e. The van der Waals surface area contributed by atoms with E-state index in [4.69, 9.17) is 9.94 Å². The highest BCUT2D eigenvalue weighted by Crippen LogP contribution is 2.24. The van der Waals surface area contributed by atoms with Crippen LogP contribution in [0.2, 0.25) is 0 Å². The first-order valence-electron chi connectivity index (χ1n) is 6.29. The maximum absolute atomic E-state index is 12.0. The van der Waals surface area contributed by atoms with Crippen LogP contribution in [0.25, 0.3) is 0 Å². The van der Waals surface area contributed by atoms with Crippen molar-refractivity contribution >= 4 is 17.8 Å². The predicted molar refractivity (Wildman–Crippen MR) is 68.9 cm³/mol. The minimum absolute atomic E-state index is 0.0614. The first-order chi connectivity index (χ1) is 9.41. The van der Waals surface area contributed by atoms with Gasteiger partial charge < -0.3 is 5.11 Å². The fraction of sp³-hybridized carbons (Fsp3) is 0.357. The highest BCUT2D eigenvalue weighted by atomic mass is 16.7. The second-order valence-corrected chi connectivity index (χ2v) is 5.01. The van der Waals surface area contributed by atoms with E-state index in [9.17, 15) is 14.4 Å². The van der Waals surface area contributed by atoms with Crippen molar-refractivity contribution in [2.24, 2.45) is 5.92 Å². The Morgan fingerprint density at radius 1 is 1.20 bits per heavy atom. The maximum atomic E-state index is 12.0. The van der Waals surface area contributed by atoms with Crippen molar-refractivity contribution in [3.05, 3.63) is 35.4 Å². The molecule has 1 heterocycles. The van der Waals surface area contributed by atoms with E-state index in [-0.39, 0.29) is 23.5 Å². The molecule has 0 aliphatic carbocycles. The molecule has 0 aromatic heterocycles. The lowest BCUT2D eigenvalue weighted by atomic mass is 10.1. The van der Waals surface area contributed by atoms with Crippen LogP contribution in [-0.4, -0.2) is 34.1 Å². The number of carbonyl (C=O) groups is 3. The van der Waals surface area contributed by atoms with E-state index < -0.39 is 23.9 Å². The van der Waals surface area contributed by atoms with Crippen LogP contribution in [0.1, 0.15) is 41.0 Å². The van der Waals surface area contributed by atoms with Crippen LogP contribution in [0.5, 0.6) is 0 Å². The van der Waals surface area contributed by atoms with Crippen molar-refractivity contribution < 1.29 is 24.3 Å². The molecule has 0 fully saturated rings. The number of amides is 2. The molecule has 1 unspecified atom stereocenters. The molecule has 0 spiro atoms. The summed E-state index contributed by atoms with van der Waals surface area (Å²) in [6, 6.07) is 6.29. The number of imide groups is 1. The van der Waals surface area contributed by atoms with Gasteiger partial charge in [-0.15, -0.1) is 5.06 Å². The van der Waals surface area contributed by atoms with E-state index in [1.807, 2.05) is 13.8 Å². The van der Waals surface area contributed by atoms with Crippen LogP contribution in [0.4, 0.5) is 0 Å². The van der Waals surface area contributed by atoms with Crippen LogP contribution >= 0.6 is 0 Å². The number of carbonyl (C=O) groups excluding carboxylic acids is 2. The van der Waals surface area contributed by atoms with Crippen LogP contribution in [0, 0.1) is 5.92 Å². The molecule has 1 atom stereocenters. The number of nitrogens with zero attached hydrogens (tertiary/aromatic N) is 1. The number of fused-ring (bicyclic) bond motifs is 1. The number of hydrogen-bond acceptors (Lipinski definition) is 4. The number of benzene rings is 1. The van der Waals surface area contributed by atoms with Gasteiger partial charge in [0.1, 0.15) is 0 Å². The van der Waals surface area contributed by atoms with Crippen molar-refractivity contribution in [3.8, 4) is 0 Å². The van der Waals surface area contributed by atoms with Gasteiger partial charge in [0.25, 0.3) is 11.8 Å². The van der Waals surface area contributed by atoms with Gasteiger partial charge in [0, 0.05) is 0 Å². The standard InChI is InChI=1S/C14H15NO5/c1-8(2)7-11(14(18)19)20-15-12(16)9-5-3-4-6-10(9)13(15)17/h3-6,8,11H,7H2,1-2H3,(H,18,19). The molecule has 1 N–H and O–H groups in total. The summed E-state index contributed by atoms with van der Waals surface area (Å²) in [7, 11) is 0. The molecule has 6 nitrogen and oxygen atoms in total. The Hall–Kier alpha value is -2.21. The third-order valence-corrected chi connectivity index (χ3v) is 2.95. The molecule has 2 rings (SSSR count). The zero-order chi connectivity index (χ0) is 14.9. The number of hydroxylamine groups is 2. The van der Waals surface area contributed by atoms with Crippen molar-refractivity contribution in [1.82, 2.24) is 5.06 Å². The largest absolute Gasteiger partial charge is 0.479 e. The van der Waals surface area contributed by atoms with Gasteiger partial charge in [0.2, 0.25) is 0 Å². The normalized spacial score (nSPS) is 15.7. The van der Waals surface area contributed by atoms with Crippen molar-refractivity contribution in [1.29, 1.82) is 0 Å². The minimum atomic E-state index is -1.22. The quantitative estimate of drug-likeness (QED) is 0.828. The fourth-order valence-electron chi connectivity index (χ4n) is 2.01. The van der Waals surface area contributed by atoms with E-state index in [1.54, 1.807) is 12.1 Å². The van der Waals surface area contributed by atoms with Gasteiger partial charge in [-0.3, -0.25) is 9.59 Å². The lowest BCUT2D eigenvalue weighted by Crippen LogP contribution is -2.38. The zero-order valence-electron chi connectivity index (χ0n) is 11.2. The number of carboxylic acids is 1. The lowest BCUT2D eigenvalue weighted by Gasteiger charge is -2.20. The van der Waals surface area contributed by atoms with Gasteiger partial charge >= 0.3 is 5.97 Å². The number of rotatable bonds is 5. The molecular weight excluding hydrogens is 262 g/mol. The number of hydrogen-bond donors (Lipinski definition) is 1. The molecular formula is C14H15NO5. The van der Waals surface area contributed by atoms with Crippen molar-refractivity contribution in [2.45, 2.75) is 26.4 Å². The van der Waals surface area contributed by atoms with Crippen molar-refractivity contribution in [3.63, 3.8) is 0 Å². The van der Waals surface area contributed by atoms with Crippen LogP contribution < -0.4 is 0 Å². The molecule has 0 saturated heterocycles. The first kappa shape index (κ1) is 14.2. The zero-order valence-corrected chi connectivity index (χ0v) is 11.2. The molecule has 1 aromatic carbocycles.